The molecule has 0 unspecified atom stereocenters. The van der Waals surface area contributed by atoms with Gasteiger partial charge in [0, 0.05) is 12.1 Å². The van der Waals surface area contributed by atoms with Gasteiger partial charge in [-0.2, -0.15) is 0 Å². The lowest BCUT2D eigenvalue weighted by Crippen LogP contribution is -2.42. The molecule has 2 rings (SSSR count). The van der Waals surface area contributed by atoms with Crippen molar-refractivity contribution in [1.82, 2.24) is 15.4 Å². The minimum absolute atomic E-state index is 0.633. The van der Waals surface area contributed by atoms with Crippen LogP contribution in [0.4, 0.5) is 0 Å². The Labute approximate surface area is 97.0 Å². The van der Waals surface area contributed by atoms with E-state index in [9.17, 15) is 0 Å². The van der Waals surface area contributed by atoms with Crippen molar-refractivity contribution in [2.45, 2.75) is 39.3 Å². The molecule has 4 nitrogen and oxygen atoms in total. The van der Waals surface area contributed by atoms with E-state index in [1.165, 1.54) is 32.5 Å². The molecule has 0 atom stereocenters. The van der Waals surface area contributed by atoms with Crippen LogP contribution >= 0.6 is 0 Å². The summed E-state index contributed by atoms with van der Waals surface area (Å²) in [5, 5.41) is 7.42. The molecule has 0 spiro atoms. The average molecular weight is 223 g/mol. The van der Waals surface area contributed by atoms with Gasteiger partial charge in [0.1, 0.15) is 0 Å². The molecule has 1 saturated heterocycles. The largest absolute Gasteiger partial charge is 0.360 e. The number of aromatic nitrogens is 1. The SMILES string of the molecule is CCN1CCC(NCc2cc(C)no2)CC1. The van der Waals surface area contributed by atoms with E-state index < -0.39 is 0 Å². The van der Waals surface area contributed by atoms with Gasteiger partial charge in [-0.3, -0.25) is 0 Å². The molecular weight excluding hydrogens is 202 g/mol. The zero-order chi connectivity index (χ0) is 11.4. The highest BCUT2D eigenvalue weighted by molar-refractivity contribution is 5.02. The van der Waals surface area contributed by atoms with E-state index in [0.29, 0.717) is 6.04 Å². The van der Waals surface area contributed by atoms with Gasteiger partial charge in [-0.1, -0.05) is 12.1 Å². The monoisotopic (exact) mass is 223 g/mol. The van der Waals surface area contributed by atoms with Crippen LogP contribution in [-0.2, 0) is 6.54 Å². The first-order valence-electron chi connectivity index (χ1n) is 6.16. The summed E-state index contributed by atoms with van der Waals surface area (Å²) in [5.41, 5.74) is 0.956. The van der Waals surface area contributed by atoms with Crippen molar-refractivity contribution in [2.75, 3.05) is 19.6 Å². The summed E-state index contributed by atoms with van der Waals surface area (Å²) in [4.78, 5) is 2.50. The van der Waals surface area contributed by atoms with E-state index in [2.05, 4.69) is 22.3 Å². The van der Waals surface area contributed by atoms with Crippen LogP contribution in [0.5, 0.6) is 0 Å². The zero-order valence-electron chi connectivity index (χ0n) is 10.2. The van der Waals surface area contributed by atoms with E-state index in [1.54, 1.807) is 0 Å². The van der Waals surface area contributed by atoms with Crippen LogP contribution in [0.3, 0.4) is 0 Å². The predicted octanol–water partition coefficient (Wildman–Crippen LogP) is 1.56. The van der Waals surface area contributed by atoms with Crippen LogP contribution in [0, 0.1) is 6.92 Å². The molecule has 0 aliphatic carbocycles. The number of nitrogens with zero attached hydrogens (tertiary/aromatic N) is 2. The Morgan fingerprint density at radius 2 is 2.25 bits per heavy atom. The smallest absolute Gasteiger partial charge is 0.150 e. The van der Waals surface area contributed by atoms with E-state index in [-0.39, 0.29) is 0 Å². The molecule has 0 radical (unpaired) electrons. The Balaban J connectivity index is 1.71. The van der Waals surface area contributed by atoms with E-state index >= 15 is 0 Å². The molecule has 2 heterocycles. The topological polar surface area (TPSA) is 41.3 Å². The lowest BCUT2D eigenvalue weighted by molar-refractivity contribution is 0.203. The molecule has 1 fully saturated rings. The molecule has 0 bridgehead atoms. The first-order valence-corrected chi connectivity index (χ1v) is 6.16. The molecule has 4 heteroatoms. The van der Waals surface area contributed by atoms with Gasteiger partial charge in [0.2, 0.25) is 0 Å². The maximum atomic E-state index is 5.17. The highest BCUT2D eigenvalue weighted by atomic mass is 16.5. The molecule has 16 heavy (non-hydrogen) atoms. The Hall–Kier alpha value is -0.870. The molecule has 0 aromatic carbocycles. The van der Waals surface area contributed by atoms with Crippen molar-refractivity contribution in [3.63, 3.8) is 0 Å². The van der Waals surface area contributed by atoms with E-state index in [0.717, 1.165) is 18.0 Å². The Morgan fingerprint density at radius 1 is 1.50 bits per heavy atom. The standard InChI is InChI=1S/C12H21N3O/c1-3-15-6-4-11(5-7-15)13-9-12-8-10(2)14-16-12/h8,11,13H,3-7,9H2,1-2H3. The van der Waals surface area contributed by atoms with Crippen LogP contribution in [0.25, 0.3) is 0 Å². The maximum absolute atomic E-state index is 5.17. The minimum atomic E-state index is 0.633. The summed E-state index contributed by atoms with van der Waals surface area (Å²) in [7, 11) is 0. The second kappa shape index (κ2) is 5.46. The Bertz CT molecular complexity index is 316. The zero-order valence-corrected chi connectivity index (χ0v) is 10.2. The fourth-order valence-electron chi connectivity index (χ4n) is 2.20. The highest BCUT2D eigenvalue weighted by Gasteiger charge is 2.17. The second-order valence-corrected chi connectivity index (χ2v) is 4.52. The van der Waals surface area contributed by atoms with Crippen LogP contribution in [0.2, 0.25) is 0 Å². The second-order valence-electron chi connectivity index (χ2n) is 4.52. The summed E-state index contributed by atoms with van der Waals surface area (Å²) in [6.45, 7) is 8.58. The molecule has 0 saturated carbocycles. The number of piperidine rings is 1. The van der Waals surface area contributed by atoms with Crippen LogP contribution < -0.4 is 5.32 Å². The van der Waals surface area contributed by atoms with Gasteiger partial charge >= 0.3 is 0 Å². The summed E-state index contributed by atoms with van der Waals surface area (Å²) >= 11 is 0. The lowest BCUT2D eigenvalue weighted by Gasteiger charge is -2.31. The normalized spacial score (nSPS) is 19.1. The maximum Gasteiger partial charge on any atom is 0.150 e. The summed E-state index contributed by atoms with van der Waals surface area (Å²) < 4.78 is 5.17. The number of rotatable bonds is 4. The molecule has 1 aliphatic heterocycles. The third-order valence-corrected chi connectivity index (χ3v) is 3.28. The molecule has 1 N–H and O–H groups in total. The molecule has 90 valence electrons. The minimum Gasteiger partial charge on any atom is -0.360 e. The van der Waals surface area contributed by atoms with Crippen molar-refractivity contribution in [2.24, 2.45) is 0 Å². The van der Waals surface area contributed by atoms with E-state index in [4.69, 9.17) is 4.52 Å². The number of hydrogen-bond donors (Lipinski definition) is 1. The molecule has 1 aromatic rings. The summed E-state index contributed by atoms with van der Waals surface area (Å²) in [5.74, 6) is 0.940. The summed E-state index contributed by atoms with van der Waals surface area (Å²) in [6.07, 6.45) is 2.47. The predicted molar refractivity (Wildman–Crippen MR) is 63.2 cm³/mol. The third kappa shape index (κ3) is 3.06. The number of aryl methyl sites for hydroxylation is 1. The molecule has 1 aromatic heterocycles. The molecular formula is C12H21N3O. The Morgan fingerprint density at radius 3 is 2.81 bits per heavy atom. The summed E-state index contributed by atoms with van der Waals surface area (Å²) in [6, 6.07) is 2.63. The van der Waals surface area contributed by atoms with Crippen LogP contribution in [0.15, 0.2) is 10.6 Å². The highest BCUT2D eigenvalue weighted by Crippen LogP contribution is 2.11. The van der Waals surface area contributed by atoms with Gasteiger partial charge in [0.15, 0.2) is 5.76 Å². The lowest BCUT2D eigenvalue weighted by atomic mass is 10.1. The first kappa shape index (κ1) is 11.6. The first-order chi connectivity index (χ1) is 7.78. The fourth-order valence-corrected chi connectivity index (χ4v) is 2.20. The van der Waals surface area contributed by atoms with Crippen molar-refractivity contribution in [3.8, 4) is 0 Å². The van der Waals surface area contributed by atoms with Gasteiger partial charge in [0.05, 0.1) is 12.2 Å². The third-order valence-electron chi connectivity index (χ3n) is 3.28. The number of nitrogens with one attached hydrogen (secondary N) is 1. The Kier molecular flexibility index (Phi) is 3.96. The van der Waals surface area contributed by atoms with Gasteiger partial charge in [-0.25, -0.2) is 0 Å². The molecule has 1 aliphatic rings. The van der Waals surface area contributed by atoms with Gasteiger partial charge < -0.3 is 14.7 Å². The van der Waals surface area contributed by atoms with Crippen molar-refractivity contribution in [1.29, 1.82) is 0 Å². The van der Waals surface area contributed by atoms with Crippen LogP contribution in [0.1, 0.15) is 31.2 Å². The van der Waals surface area contributed by atoms with Gasteiger partial charge in [0.25, 0.3) is 0 Å². The van der Waals surface area contributed by atoms with Crippen molar-refractivity contribution >= 4 is 0 Å². The number of likely N-dealkylation sites (tertiary alicyclic amines) is 1. The average Bonchev–Trinajstić information content (AvgIpc) is 2.73. The fraction of sp³-hybridized carbons (Fsp3) is 0.750. The molecule has 0 amide bonds. The van der Waals surface area contributed by atoms with Gasteiger partial charge in [-0.05, 0) is 39.4 Å². The number of hydrogen-bond acceptors (Lipinski definition) is 4. The van der Waals surface area contributed by atoms with Crippen molar-refractivity contribution < 1.29 is 4.52 Å². The van der Waals surface area contributed by atoms with Crippen molar-refractivity contribution in [3.05, 3.63) is 17.5 Å². The van der Waals surface area contributed by atoms with Crippen LogP contribution in [-0.4, -0.2) is 35.7 Å². The van der Waals surface area contributed by atoms with E-state index in [1.807, 2.05) is 13.0 Å². The van der Waals surface area contributed by atoms with Gasteiger partial charge in [-0.15, -0.1) is 0 Å². The quantitative estimate of drug-likeness (QED) is 0.841.